The number of nitrogens with one attached hydrogen (secondary N) is 1. The van der Waals surface area contributed by atoms with Crippen LogP contribution in [0.15, 0.2) is 35.1 Å². The van der Waals surface area contributed by atoms with Crippen LogP contribution in [0.2, 0.25) is 0 Å². The van der Waals surface area contributed by atoms with Gasteiger partial charge in [0.15, 0.2) is 0 Å². The first kappa shape index (κ1) is 18.7. The van der Waals surface area contributed by atoms with Gasteiger partial charge in [-0.1, -0.05) is 18.2 Å². The van der Waals surface area contributed by atoms with Crippen LogP contribution in [-0.4, -0.2) is 40.0 Å². The van der Waals surface area contributed by atoms with Crippen molar-refractivity contribution in [1.29, 1.82) is 5.26 Å². The summed E-state index contributed by atoms with van der Waals surface area (Å²) in [7, 11) is 0. The van der Waals surface area contributed by atoms with Crippen LogP contribution in [0.1, 0.15) is 55.9 Å². The molecule has 0 saturated carbocycles. The molecule has 1 amide bonds. The van der Waals surface area contributed by atoms with Crippen molar-refractivity contribution in [1.82, 2.24) is 14.8 Å². The molecule has 6 nitrogen and oxygen atoms in total. The Morgan fingerprint density at radius 1 is 1.25 bits per heavy atom. The number of hydrogen-bond donors (Lipinski definition) is 1. The SMILES string of the molecule is CC(C)n1c(=O)c(C(=O)NC2CC3CCC(C2)N3CC#N)cc2ccccc21. The molecule has 2 unspecified atom stereocenters. The minimum Gasteiger partial charge on any atom is -0.349 e. The van der Waals surface area contributed by atoms with Gasteiger partial charge in [-0.25, -0.2) is 0 Å². The fourth-order valence-corrected chi connectivity index (χ4v) is 4.96. The van der Waals surface area contributed by atoms with Crippen LogP contribution in [-0.2, 0) is 0 Å². The number of fused-ring (bicyclic) bond motifs is 3. The smallest absolute Gasteiger partial charge is 0.264 e. The van der Waals surface area contributed by atoms with Crippen molar-refractivity contribution in [2.24, 2.45) is 0 Å². The number of carbonyl (C=O) groups is 1. The molecule has 3 heterocycles. The third-order valence-electron chi connectivity index (χ3n) is 6.18. The average molecular weight is 378 g/mol. The maximum atomic E-state index is 13.0. The maximum Gasteiger partial charge on any atom is 0.264 e. The Morgan fingerprint density at radius 2 is 1.93 bits per heavy atom. The van der Waals surface area contributed by atoms with E-state index in [2.05, 4.69) is 16.3 Å². The lowest BCUT2D eigenvalue weighted by Gasteiger charge is -2.37. The third-order valence-corrected chi connectivity index (χ3v) is 6.18. The van der Waals surface area contributed by atoms with Crippen LogP contribution < -0.4 is 10.9 Å². The highest BCUT2D eigenvalue weighted by Gasteiger charge is 2.41. The minimum absolute atomic E-state index is 0.0322. The zero-order valence-electron chi connectivity index (χ0n) is 16.4. The molecule has 2 bridgehead atoms. The third kappa shape index (κ3) is 3.20. The van der Waals surface area contributed by atoms with E-state index >= 15 is 0 Å². The van der Waals surface area contributed by atoms with E-state index in [1.54, 1.807) is 10.6 Å². The highest BCUT2D eigenvalue weighted by atomic mass is 16.2. The van der Waals surface area contributed by atoms with Crippen molar-refractivity contribution in [3.8, 4) is 6.07 Å². The molecule has 0 spiro atoms. The average Bonchev–Trinajstić information content (AvgIpc) is 2.90. The van der Waals surface area contributed by atoms with Gasteiger partial charge in [-0.2, -0.15) is 5.26 Å². The second-order valence-corrected chi connectivity index (χ2v) is 8.24. The first-order valence-electron chi connectivity index (χ1n) is 10.1. The molecule has 28 heavy (non-hydrogen) atoms. The molecule has 2 saturated heterocycles. The molecule has 146 valence electrons. The fraction of sp³-hybridized carbons (Fsp3) is 0.500. The molecular weight excluding hydrogens is 352 g/mol. The number of benzene rings is 1. The summed E-state index contributed by atoms with van der Waals surface area (Å²) in [6.45, 7) is 4.37. The summed E-state index contributed by atoms with van der Waals surface area (Å²) >= 11 is 0. The number of para-hydroxylation sites is 1. The number of rotatable bonds is 4. The van der Waals surface area contributed by atoms with E-state index in [4.69, 9.17) is 5.26 Å². The van der Waals surface area contributed by atoms with Crippen molar-refractivity contribution >= 4 is 16.8 Å². The molecule has 2 fully saturated rings. The molecule has 6 heteroatoms. The molecule has 2 aliphatic heterocycles. The number of nitriles is 1. The fourth-order valence-electron chi connectivity index (χ4n) is 4.96. The summed E-state index contributed by atoms with van der Waals surface area (Å²) < 4.78 is 1.70. The number of carbonyl (C=O) groups excluding carboxylic acids is 1. The van der Waals surface area contributed by atoms with Gasteiger partial charge in [0, 0.05) is 24.2 Å². The molecule has 1 N–H and O–H groups in total. The zero-order chi connectivity index (χ0) is 19.8. The van der Waals surface area contributed by atoms with Crippen molar-refractivity contribution < 1.29 is 4.79 Å². The Balaban J connectivity index is 1.60. The lowest BCUT2D eigenvalue weighted by Crippen LogP contribution is -2.51. The van der Waals surface area contributed by atoms with Gasteiger partial charge in [0.2, 0.25) is 0 Å². The van der Waals surface area contributed by atoms with E-state index in [1.807, 2.05) is 38.1 Å². The van der Waals surface area contributed by atoms with Crippen molar-refractivity contribution in [2.75, 3.05) is 6.54 Å². The Labute approximate surface area is 164 Å². The predicted octanol–water partition coefficient (Wildman–Crippen LogP) is 2.83. The summed E-state index contributed by atoms with van der Waals surface area (Å²) in [4.78, 5) is 28.3. The molecule has 4 rings (SSSR count). The quantitative estimate of drug-likeness (QED) is 0.830. The van der Waals surface area contributed by atoms with E-state index in [0.717, 1.165) is 36.6 Å². The summed E-state index contributed by atoms with van der Waals surface area (Å²) in [5, 5.41) is 13.0. The Kier molecular flexibility index (Phi) is 4.94. The Hall–Kier alpha value is -2.65. The van der Waals surface area contributed by atoms with E-state index in [-0.39, 0.29) is 29.1 Å². The molecule has 1 aromatic carbocycles. The number of aromatic nitrogens is 1. The van der Waals surface area contributed by atoms with E-state index in [9.17, 15) is 9.59 Å². The number of nitrogens with zero attached hydrogens (tertiary/aromatic N) is 3. The lowest BCUT2D eigenvalue weighted by atomic mass is 9.97. The molecular formula is C22H26N4O2. The number of pyridine rings is 1. The number of piperidine rings is 1. The number of hydrogen-bond acceptors (Lipinski definition) is 4. The molecule has 1 aromatic heterocycles. The van der Waals surface area contributed by atoms with Crippen LogP contribution in [0.4, 0.5) is 0 Å². The monoisotopic (exact) mass is 378 g/mol. The second kappa shape index (κ2) is 7.40. The highest BCUT2D eigenvalue weighted by Crippen LogP contribution is 2.35. The molecule has 0 radical (unpaired) electrons. The van der Waals surface area contributed by atoms with Crippen molar-refractivity contribution in [2.45, 2.75) is 63.7 Å². The summed E-state index contributed by atoms with van der Waals surface area (Å²) in [6, 6.07) is 12.4. The maximum absolute atomic E-state index is 13.0. The van der Waals surface area contributed by atoms with E-state index in [1.165, 1.54) is 0 Å². The first-order chi connectivity index (χ1) is 13.5. The van der Waals surface area contributed by atoms with Gasteiger partial charge in [-0.3, -0.25) is 14.5 Å². The first-order valence-corrected chi connectivity index (χ1v) is 10.1. The van der Waals surface area contributed by atoms with Crippen LogP contribution in [0.3, 0.4) is 0 Å². The van der Waals surface area contributed by atoms with Crippen LogP contribution in [0, 0.1) is 11.3 Å². The molecule has 0 aliphatic carbocycles. The largest absolute Gasteiger partial charge is 0.349 e. The Bertz CT molecular complexity index is 990. The molecule has 2 aromatic rings. The lowest BCUT2D eigenvalue weighted by molar-refractivity contribution is 0.0866. The summed E-state index contributed by atoms with van der Waals surface area (Å²) in [6.07, 6.45) is 3.84. The minimum atomic E-state index is -0.289. The van der Waals surface area contributed by atoms with E-state index < -0.39 is 0 Å². The molecule has 2 atom stereocenters. The summed E-state index contributed by atoms with van der Waals surface area (Å²) in [5.41, 5.74) is 0.817. The van der Waals surface area contributed by atoms with Crippen molar-refractivity contribution in [3.63, 3.8) is 0 Å². The predicted molar refractivity (Wildman–Crippen MR) is 108 cm³/mol. The van der Waals surface area contributed by atoms with Gasteiger partial charge < -0.3 is 9.88 Å². The second-order valence-electron chi connectivity index (χ2n) is 8.24. The number of amides is 1. The van der Waals surface area contributed by atoms with Gasteiger partial charge in [0.1, 0.15) is 5.56 Å². The normalized spacial score (nSPS) is 24.4. The van der Waals surface area contributed by atoms with Gasteiger partial charge >= 0.3 is 0 Å². The summed E-state index contributed by atoms with van der Waals surface area (Å²) in [5.74, 6) is -0.289. The van der Waals surface area contributed by atoms with Gasteiger partial charge in [-0.05, 0) is 57.0 Å². The van der Waals surface area contributed by atoms with E-state index in [0.29, 0.717) is 18.6 Å². The van der Waals surface area contributed by atoms with Crippen LogP contribution >= 0.6 is 0 Å². The van der Waals surface area contributed by atoms with Crippen LogP contribution in [0.25, 0.3) is 10.9 Å². The molecule has 2 aliphatic rings. The van der Waals surface area contributed by atoms with Gasteiger partial charge in [0.25, 0.3) is 11.5 Å². The Morgan fingerprint density at radius 3 is 2.57 bits per heavy atom. The topological polar surface area (TPSA) is 78.1 Å². The standard InChI is InChI=1S/C22H26N4O2/c1-14(2)26-20-6-4-3-5-15(20)11-19(22(26)28)21(27)24-16-12-17-7-8-18(13-16)25(17)10-9-23/h3-6,11,14,16-18H,7-8,10,12-13H2,1-2H3,(H,24,27). The van der Waals surface area contributed by atoms with Crippen LogP contribution in [0.5, 0.6) is 0 Å². The van der Waals surface area contributed by atoms with Gasteiger partial charge in [0.05, 0.1) is 18.1 Å². The van der Waals surface area contributed by atoms with Gasteiger partial charge in [-0.15, -0.1) is 0 Å². The highest BCUT2D eigenvalue weighted by molar-refractivity contribution is 5.97. The zero-order valence-corrected chi connectivity index (χ0v) is 16.4. The van der Waals surface area contributed by atoms with Crippen molar-refractivity contribution in [3.05, 3.63) is 46.2 Å².